The SMILES string of the molecule is O=C(Nc1ccc(F)cc1)c1ccccc1-c1cccc(Cl)c1. The van der Waals surface area contributed by atoms with Gasteiger partial charge in [-0.25, -0.2) is 4.39 Å². The first kappa shape index (κ1) is 15.3. The second kappa shape index (κ2) is 6.63. The monoisotopic (exact) mass is 325 g/mol. The number of hydrogen-bond acceptors (Lipinski definition) is 1. The van der Waals surface area contributed by atoms with Gasteiger partial charge in [0, 0.05) is 16.3 Å². The lowest BCUT2D eigenvalue weighted by atomic mass is 9.99. The molecule has 114 valence electrons. The third-order valence-electron chi connectivity index (χ3n) is 3.41. The van der Waals surface area contributed by atoms with E-state index in [9.17, 15) is 9.18 Å². The van der Waals surface area contributed by atoms with Crippen molar-refractivity contribution in [3.05, 3.63) is 89.2 Å². The molecule has 23 heavy (non-hydrogen) atoms. The zero-order valence-electron chi connectivity index (χ0n) is 12.1. The Morgan fingerprint density at radius 3 is 2.39 bits per heavy atom. The normalized spacial score (nSPS) is 10.3. The molecule has 0 heterocycles. The summed E-state index contributed by atoms with van der Waals surface area (Å²) in [5, 5.41) is 3.38. The molecule has 0 saturated carbocycles. The molecule has 0 radical (unpaired) electrons. The van der Waals surface area contributed by atoms with Crippen LogP contribution in [0.1, 0.15) is 10.4 Å². The molecule has 0 aliphatic rings. The molecule has 3 rings (SSSR count). The van der Waals surface area contributed by atoms with Crippen molar-refractivity contribution in [2.75, 3.05) is 5.32 Å². The van der Waals surface area contributed by atoms with Crippen molar-refractivity contribution in [3.63, 3.8) is 0 Å². The van der Waals surface area contributed by atoms with Gasteiger partial charge < -0.3 is 5.32 Å². The van der Waals surface area contributed by atoms with Crippen molar-refractivity contribution in [1.82, 2.24) is 0 Å². The highest BCUT2D eigenvalue weighted by Crippen LogP contribution is 2.26. The number of halogens is 2. The quantitative estimate of drug-likeness (QED) is 0.686. The first-order valence-electron chi connectivity index (χ1n) is 7.05. The molecule has 4 heteroatoms. The van der Waals surface area contributed by atoms with Crippen molar-refractivity contribution in [2.24, 2.45) is 0 Å². The largest absolute Gasteiger partial charge is 0.322 e. The summed E-state index contributed by atoms with van der Waals surface area (Å²) in [7, 11) is 0. The fraction of sp³-hybridized carbons (Fsp3) is 0. The van der Waals surface area contributed by atoms with Crippen LogP contribution < -0.4 is 5.32 Å². The number of nitrogens with one attached hydrogen (secondary N) is 1. The summed E-state index contributed by atoms with van der Waals surface area (Å²) in [6.45, 7) is 0. The van der Waals surface area contributed by atoms with Crippen LogP contribution >= 0.6 is 11.6 Å². The van der Waals surface area contributed by atoms with Gasteiger partial charge in [-0.3, -0.25) is 4.79 Å². The van der Waals surface area contributed by atoms with Crippen LogP contribution in [0, 0.1) is 5.82 Å². The number of amides is 1. The number of benzene rings is 3. The topological polar surface area (TPSA) is 29.1 Å². The molecular formula is C19H13ClFNO. The molecule has 0 bridgehead atoms. The van der Waals surface area contributed by atoms with E-state index in [1.165, 1.54) is 24.3 Å². The van der Waals surface area contributed by atoms with E-state index >= 15 is 0 Å². The van der Waals surface area contributed by atoms with E-state index in [-0.39, 0.29) is 11.7 Å². The van der Waals surface area contributed by atoms with Crippen molar-refractivity contribution >= 4 is 23.2 Å². The molecule has 0 aromatic heterocycles. The lowest BCUT2D eigenvalue weighted by Crippen LogP contribution is -2.13. The maximum atomic E-state index is 12.9. The predicted molar refractivity (Wildman–Crippen MR) is 91.2 cm³/mol. The van der Waals surface area contributed by atoms with E-state index in [4.69, 9.17) is 11.6 Å². The second-order valence-corrected chi connectivity index (χ2v) is 5.45. The average Bonchev–Trinajstić information content (AvgIpc) is 2.57. The number of rotatable bonds is 3. The standard InChI is InChI=1S/C19H13ClFNO/c20-14-5-3-4-13(12-14)17-6-1-2-7-18(17)19(23)22-16-10-8-15(21)9-11-16/h1-12H,(H,22,23). The third-order valence-corrected chi connectivity index (χ3v) is 3.64. The van der Waals surface area contributed by atoms with Crippen molar-refractivity contribution in [1.29, 1.82) is 0 Å². The van der Waals surface area contributed by atoms with E-state index in [2.05, 4.69) is 5.32 Å². The lowest BCUT2D eigenvalue weighted by Gasteiger charge is -2.11. The summed E-state index contributed by atoms with van der Waals surface area (Å²) >= 11 is 6.04. The molecule has 3 aromatic carbocycles. The average molecular weight is 326 g/mol. The van der Waals surface area contributed by atoms with Gasteiger partial charge in [-0.15, -0.1) is 0 Å². The summed E-state index contributed by atoms with van der Waals surface area (Å²) in [5.41, 5.74) is 2.72. The van der Waals surface area contributed by atoms with Crippen molar-refractivity contribution < 1.29 is 9.18 Å². The van der Waals surface area contributed by atoms with E-state index < -0.39 is 0 Å². The molecule has 1 amide bonds. The summed E-state index contributed by atoms with van der Waals surface area (Å²) in [5.74, 6) is -0.602. The first-order valence-corrected chi connectivity index (χ1v) is 7.43. The smallest absolute Gasteiger partial charge is 0.256 e. The van der Waals surface area contributed by atoms with Gasteiger partial charge in [-0.1, -0.05) is 41.9 Å². The second-order valence-electron chi connectivity index (χ2n) is 5.02. The molecule has 0 spiro atoms. The van der Waals surface area contributed by atoms with Gasteiger partial charge in [-0.2, -0.15) is 0 Å². The van der Waals surface area contributed by atoms with Crippen LogP contribution in [0.4, 0.5) is 10.1 Å². The molecule has 0 saturated heterocycles. The van der Waals surface area contributed by atoms with Crippen LogP contribution in [-0.4, -0.2) is 5.91 Å². The lowest BCUT2D eigenvalue weighted by molar-refractivity contribution is 0.102. The highest BCUT2D eigenvalue weighted by atomic mass is 35.5. The number of hydrogen-bond donors (Lipinski definition) is 1. The van der Waals surface area contributed by atoms with Crippen LogP contribution in [0.25, 0.3) is 11.1 Å². The third kappa shape index (κ3) is 3.58. The van der Waals surface area contributed by atoms with E-state index in [1.54, 1.807) is 18.2 Å². The van der Waals surface area contributed by atoms with E-state index in [0.29, 0.717) is 16.3 Å². The van der Waals surface area contributed by atoms with Crippen molar-refractivity contribution in [2.45, 2.75) is 0 Å². The zero-order chi connectivity index (χ0) is 16.2. The van der Waals surface area contributed by atoms with Gasteiger partial charge >= 0.3 is 0 Å². The van der Waals surface area contributed by atoms with Gasteiger partial charge in [0.25, 0.3) is 5.91 Å². The maximum absolute atomic E-state index is 12.9. The van der Waals surface area contributed by atoms with Gasteiger partial charge in [0.1, 0.15) is 5.82 Å². The van der Waals surface area contributed by atoms with E-state index in [1.807, 2.05) is 30.3 Å². The Kier molecular flexibility index (Phi) is 4.40. The zero-order valence-corrected chi connectivity index (χ0v) is 12.8. The molecule has 3 aromatic rings. The van der Waals surface area contributed by atoms with Crippen LogP contribution in [0.5, 0.6) is 0 Å². The Morgan fingerprint density at radius 1 is 0.913 bits per heavy atom. The Balaban J connectivity index is 1.93. The number of anilines is 1. The number of carbonyl (C=O) groups is 1. The Hall–Kier alpha value is -2.65. The fourth-order valence-electron chi connectivity index (χ4n) is 2.32. The predicted octanol–water partition coefficient (Wildman–Crippen LogP) is 5.40. The fourth-order valence-corrected chi connectivity index (χ4v) is 2.51. The Bertz CT molecular complexity index is 846. The van der Waals surface area contributed by atoms with E-state index in [0.717, 1.165) is 11.1 Å². The molecule has 1 N–H and O–H groups in total. The van der Waals surface area contributed by atoms with Crippen molar-refractivity contribution in [3.8, 4) is 11.1 Å². The van der Waals surface area contributed by atoms with Gasteiger partial charge in [0.05, 0.1) is 0 Å². The summed E-state index contributed by atoms with van der Waals surface area (Å²) in [4.78, 5) is 12.5. The summed E-state index contributed by atoms with van der Waals surface area (Å²) in [6.07, 6.45) is 0. The molecule has 0 atom stereocenters. The molecule has 0 fully saturated rings. The maximum Gasteiger partial charge on any atom is 0.256 e. The first-order chi connectivity index (χ1) is 11.1. The highest BCUT2D eigenvalue weighted by molar-refractivity contribution is 6.30. The summed E-state index contributed by atoms with van der Waals surface area (Å²) in [6, 6.07) is 20.3. The minimum Gasteiger partial charge on any atom is -0.322 e. The molecule has 0 unspecified atom stereocenters. The molecule has 2 nitrogen and oxygen atoms in total. The van der Waals surface area contributed by atoms with Crippen LogP contribution in [0.15, 0.2) is 72.8 Å². The minimum atomic E-state index is -0.345. The Labute approximate surface area is 138 Å². The molecule has 0 aliphatic heterocycles. The van der Waals surface area contributed by atoms with Gasteiger partial charge in [0.2, 0.25) is 0 Å². The summed E-state index contributed by atoms with van der Waals surface area (Å²) < 4.78 is 12.9. The van der Waals surface area contributed by atoms with Gasteiger partial charge in [0.15, 0.2) is 0 Å². The Morgan fingerprint density at radius 2 is 1.65 bits per heavy atom. The van der Waals surface area contributed by atoms with Crippen LogP contribution in [0.3, 0.4) is 0 Å². The van der Waals surface area contributed by atoms with Crippen LogP contribution in [-0.2, 0) is 0 Å². The molecular weight excluding hydrogens is 313 g/mol. The number of carbonyl (C=O) groups excluding carboxylic acids is 1. The molecule has 0 aliphatic carbocycles. The van der Waals surface area contributed by atoms with Crippen LogP contribution in [0.2, 0.25) is 5.02 Å². The van der Waals surface area contributed by atoms with Gasteiger partial charge in [-0.05, 0) is 53.6 Å². The highest BCUT2D eigenvalue weighted by Gasteiger charge is 2.12. The minimum absolute atomic E-state index is 0.257.